The fourth-order valence-electron chi connectivity index (χ4n) is 3.07. The molecule has 1 amide bonds. The molecule has 5 heteroatoms. The Morgan fingerprint density at radius 2 is 1.75 bits per heavy atom. The van der Waals surface area contributed by atoms with Gasteiger partial charge in [0.15, 0.2) is 0 Å². The quantitative estimate of drug-likeness (QED) is 0.470. The van der Waals surface area contributed by atoms with E-state index >= 15 is 0 Å². The first-order valence-electron chi connectivity index (χ1n) is 9.14. The number of nitrogens with zero attached hydrogens (tertiary/aromatic N) is 2. The Morgan fingerprint density at radius 3 is 2.50 bits per heavy atom. The van der Waals surface area contributed by atoms with Crippen molar-refractivity contribution in [3.05, 3.63) is 84.1 Å². The number of rotatable bonds is 5. The number of anilines is 1. The van der Waals surface area contributed by atoms with Gasteiger partial charge in [-0.2, -0.15) is 0 Å². The van der Waals surface area contributed by atoms with Crippen LogP contribution in [0.4, 0.5) is 5.82 Å². The van der Waals surface area contributed by atoms with Crippen molar-refractivity contribution >= 4 is 29.1 Å². The van der Waals surface area contributed by atoms with Crippen molar-refractivity contribution in [1.29, 1.82) is 0 Å². The number of hydrogen-bond acceptors (Lipinski definition) is 3. The normalized spacial score (nSPS) is 10.9. The first-order valence-corrected chi connectivity index (χ1v) is 10.1. The summed E-state index contributed by atoms with van der Waals surface area (Å²) >= 11 is 1.53. The minimum absolute atomic E-state index is 0.0499. The third-order valence-electron chi connectivity index (χ3n) is 4.54. The first kappa shape index (κ1) is 18.3. The highest BCUT2D eigenvalue weighted by Crippen LogP contribution is 2.30. The highest BCUT2D eigenvalue weighted by Gasteiger charge is 2.17. The zero-order valence-electron chi connectivity index (χ0n) is 15.8. The van der Waals surface area contributed by atoms with Gasteiger partial charge in [-0.05, 0) is 37.6 Å². The van der Waals surface area contributed by atoms with Crippen LogP contribution in [0.5, 0.6) is 0 Å². The van der Waals surface area contributed by atoms with E-state index in [1.54, 1.807) is 0 Å². The molecule has 4 nitrogen and oxygen atoms in total. The summed E-state index contributed by atoms with van der Waals surface area (Å²) in [6.45, 7) is 4.08. The Morgan fingerprint density at radius 1 is 1.00 bits per heavy atom. The van der Waals surface area contributed by atoms with E-state index in [-0.39, 0.29) is 5.91 Å². The maximum atomic E-state index is 12.7. The van der Waals surface area contributed by atoms with Gasteiger partial charge < -0.3 is 5.32 Å². The number of imidazole rings is 1. The van der Waals surface area contributed by atoms with Crippen LogP contribution < -0.4 is 5.32 Å². The van der Waals surface area contributed by atoms with Crippen molar-refractivity contribution in [3.63, 3.8) is 0 Å². The van der Waals surface area contributed by atoms with Crippen LogP contribution in [0.15, 0.2) is 77.8 Å². The van der Waals surface area contributed by atoms with Crippen molar-refractivity contribution in [2.75, 3.05) is 11.1 Å². The summed E-state index contributed by atoms with van der Waals surface area (Å²) < 4.78 is 1.95. The molecule has 0 aliphatic heterocycles. The molecule has 2 aromatic carbocycles. The molecule has 0 saturated heterocycles. The number of aromatic nitrogens is 2. The predicted molar refractivity (Wildman–Crippen MR) is 116 cm³/mol. The van der Waals surface area contributed by atoms with Crippen LogP contribution in [0.2, 0.25) is 0 Å². The predicted octanol–water partition coefficient (Wildman–Crippen LogP) is 5.35. The molecule has 0 saturated carbocycles. The summed E-state index contributed by atoms with van der Waals surface area (Å²) in [5, 5.41) is 3.08. The molecule has 0 unspecified atom stereocenters. The number of thioether (sulfide) groups is 1. The summed E-state index contributed by atoms with van der Waals surface area (Å²) in [4.78, 5) is 18.6. The number of aryl methyl sites for hydroxylation is 2. The molecular weight excluding hydrogens is 366 g/mol. The van der Waals surface area contributed by atoms with Gasteiger partial charge in [-0.25, -0.2) is 4.98 Å². The van der Waals surface area contributed by atoms with Crippen LogP contribution in [-0.4, -0.2) is 21.0 Å². The van der Waals surface area contributed by atoms with E-state index < -0.39 is 0 Å². The van der Waals surface area contributed by atoms with Gasteiger partial charge in [-0.1, -0.05) is 54.1 Å². The molecule has 28 heavy (non-hydrogen) atoms. The lowest BCUT2D eigenvalue weighted by Gasteiger charge is -2.08. The van der Waals surface area contributed by atoms with E-state index in [1.165, 1.54) is 17.3 Å². The summed E-state index contributed by atoms with van der Waals surface area (Å²) in [7, 11) is 0. The second kappa shape index (κ2) is 7.90. The molecule has 4 rings (SSSR count). The Balaban J connectivity index is 1.62. The molecule has 2 aromatic heterocycles. The topological polar surface area (TPSA) is 46.4 Å². The van der Waals surface area contributed by atoms with Gasteiger partial charge >= 0.3 is 0 Å². The maximum Gasteiger partial charge on any atom is 0.235 e. The molecule has 0 bridgehead atoms. The Kier molecular flexibility index (Phi) is 5.17. The van der Waals surface area contributed by atoms with Gasteiger partial charge in [0.25, 0.3) is 0 Å². The zero-order chi connectivity index (χ0) is 19.5. The van der Waals surface area contributed by atoms with Crippen LogP contribution in [0.3, 0.4) is 0 Å². The molecular formula is C23H21N3OS. The van der Waals surface area contributed by atoms with Gasteiger partial charge in [0.1, 0.15) is 17.2 Å². The summed E-state index contributed by atoms with van der Waals surface area (Å²) in [5.41, 5.74) is 4.88. The minimum atomic E-state index is -0.0499. The summed E-state index contributed by atoms with van der Waals surface area (Å²) in [6, 6.07) is 22.1. The fraction of sp³-hybridized carbons (Fsp3) is 0.130. The summed E-state index contributed by atoms with van der Waals surface area (Å²) in [6.07, 6.45) is 1.94. The lowest BCUT2D eigenvalue weighted by atomic mass is 10.1. The Labute approximate surface area is 168 Å². The number of pyridine rings is 1. The van der Waals surface area contributed by atoms with Crippen molar-refractivity contribution in [2.24, 2.45) is 0 Å². The smallest absolute Gasteiger partial charge is 0.235 e. The maximum absolute atomic E-state index is 12.7. The minimum Gasteiger partial charge on any atom is -0.309 e. The molecule has 0 atom stereocenters. The average Bonchev–Trinajstić information content (AvgIpc) is 3.08. The van der Waals surface area contributed by atoms with Crippen LogP contribution in [0, 0.1) is 13.8 Å². The van der Waals surface area contributed by atoms with Gasteiger partial charge in [0, 0.05) is 16.7 Å². The average molecular weight is 388 g/mol. The SMILES string of the molecule is Cc1ccc(SCC(=O)Nc2c(-c3ccccc3)nc3c(C)cccn23)cc1. The van der Waals surface area contributed by atoms with Crippen LogP contribution in [0.25, 0.3) is 16.9 Å². The monoisotopic (exact) mass is 387 g/mol. The number of hydrogen-bond donors (Lipinski definition) is 1. The number of carbonyl (C=O) groups is 1. The van der Waals surface area contributed by atoms with Crippen molar-refractivity contribution in [2.45, 2.75) is 18.7 Å². The van der Waals surface area contributed by atoms with Crippen LogP contribution in [0.1, 0.15) is 11.1 Å². The van der Waals surface area contributed by atoms with Crippen molar-refractivity contribution in [3.8, 4) is 11.3 Å². The fourth-order valence-corrected chi connectivity index (χ4v) is 3.77. The molecule has 0 fully saturated rings. The number of carbonyl (C=O) groups excluding carboxylic acids is 1. The van der Waals surface area contributed by atoms with Crippen LogP contribution in [-0.2, 0) is 4.79 Å². The number of fused-ring (bicyclic) bond motifs is 1. The molecule has 4 aromatic rings. The van der Waals surface area contributed by atoms with Gasteiger partial charge in [0.2, 0.25) is 5.91 Å². The van der Waals surface area contributed by atoms with Crippen molar-refractivity contribution in [1.82, 2.24) is 9.38 Å². The highest BCUT2D eigenvalue weighted by atomic mass is 32.2. The molecule has 0 spiro atoms. The van der Waals surface area contributed by atoms with E-state index in [2.05, 4.69) is 24.4 Å². The molecule has 0 aliphatic carbocycles. The van der Waals surface area contributed by atoms with Gasteiger partial charge in [-0.3, -0.25) is 9.20 Å². The second-order valence-electron chi connectivity index (χ2n) is 6.71. The van der Waals surface area contributed by atoms with Gasteiger partial charge in [0.05, 0.1) is 5.75 Å². The zero-order valence-corrected chi connectivity index (χ0v) is 16.7. The largest absolute Gasteiger partial charge is 0.309 e. The van der Waals surface area contributed by atoms with Crippen LogP contribution >= 0.6 is 11.8 Å². The van der Waals surface area contributed by atoms with E-state index in [0.717, 1.165) is 27.4 Å². The Hall–Kier alpha value is -3.05. The van der Waals surface area contributed by atoms with E-state index in [4.69, 9.17) is 4.98 Å². The lowest BCUT2D eigenvalue weighted by Crippen LogP contribution is -2.16. The molecule has 140 valence electrons. The third-order valence-corrected chi connectivity index (χ3v) is 5.55. The van der Waals surface area contributed by atoms with E-state index in [0.29, 0.717) is 11.6 Å². The third kappa shape index (κ3) is 3.80. The molecule has 2 heterocycles. The molecule has 1 N–H and O–H groups in total. The molecule has 0 radical (unpaired) electrons. The summed E-state index contributed by atoms with van der Waals surface area (Å²) in [5.74, 6) is 1.00. The number of benzene rings is 2. The number of amides is 1. The van der Waals surface area contributed by atoms with Gasteiger partial charge in [-0.15, -0.1) is 11.8 Å². The van der Waals surface area contributed by atoms with Crippen molar-refractivity contribution < 1.29 is 4.79 Å². The lowest BCUT2D eigenvalue weighted by molar-refractivity contribution is -0.113. The second-order valence-corrected chi connectivity index (χ2v) is 7.76. The standard InChI is InChI=1S/C23H21N3OS/c1-16-10-12-19(13-11-16)28-15-20(27)24-23-21(18-8-4-3-5-9-18)25-22-17(2)7-6-14-26(22)23/h3-14H,15H2,1-2H3,(H,24,27). The highest BCUT2D eigenvalue weighted by molar-refractivity contribution is 8.00. The van der Waals surface area contributed by atoms with E-state index in [9.17, 15) is 4.79 Å². The molecule has 0 aliphatic rings. The number of nitrogens with one attached hydrogen (secondary N) is 1. The Bertz CT molecular complexity index is 1120. The first-order chi connectivity index (χ1) is 13.6. The van der Waals surface area contributed by atoms with E-state index in [1.807, 2.05) is 72.1 Å².